The summed E-state index contributed by atoms with van der Waals surface area (Å²) in [6, 6.07) is 16.9. The summed E-state index contributed by atoms with van der Waals surface area (Å²) in [4.78, 5) is 40.2. The highest BCUT2D eigenvalue weighted by atomic mass is 16.5. The molecule has 3 rings (SSSR count). The second kappa shape index (κ2) is 10.2. The first kappa shape index (κ1) is 25.8. The number of alkyl carbamates (subject to hydrolysis) is 1. The average molecular weight is 477 g/mol. The highest BCUT2D eigenvalue weighted by Crippen LogP contribution is 2.41. The van der Waals surface area contributed by atoms with E-state index < -0.39 is 34.9 Å². The van der Waals surface area contributed by atoms with E-state index in [1.165, 1.54) is 11.9 Å². The molecule has 0 bridgehead atoms. The van der Waals surface area contributed by atoms with Gasteiger partial charge in [-0.2, -0.15) is 5.26 Å². The van der Waals surface area contributed by atoms with E-state index in [1.807, 2.05) is 75.4 Å². The lowest BCUT2D eigenvalue weighted by Gasteiger charge is -2.36. The number of rotatable bonds is 7. The van der Waals surface area contributed by atoms with Crippen LogP contribution in [0.2, 0.25) is 0 Å². The van der Waals surface area contributed by atoms with Crippen LogP contribution in [0.15, 0.2) is 54.6 Å². The molecule has 0 spiro atoms. The number of amides is 3. The number of anilines is 1. The first-order chi connectivity index (χ1) is 16.5. The fourth-order valence-corrected chi connectivity index (χ4v) is 4.20. The van der Waals surface area contributed by atoms with Crippen molar-refractivity contribution in [2.75, 3.05) is 12.4 Å². The minimum Gasteiger partial charge on any atom is -0.445 e. The Hall–Kier alpha value is -3.86. The largest absolute Gasteiger partial charge is 0.445 e. The van der Waals surface area contributed by atoms with Gasteiger partial charge in [-0.1, -0.05) is 69.3 Å². The zero-order valence-corrected chi connectivity index (χ0v) is 20.8. The molecular weight excluding hydrogens is 444 g/mol. The van der Waals surface area contributed by atoms with Crippen LogP contribution in [0.1, 0.15) is 45.2 Å². The van der Waals surface area contributed by atoms with E-state index in [2.05, 4.69) is 16.7 Å². The maximum Gasteiger partial charge on any atom is 0.408 e. The summed E-state index contributed by atoms with van der Waals surface area (Å²) < 4.78 is 5.31. The highest BCUT2D eigenvalue weighted by Gasteiger charge is 2.46. The number of para-hydroxylation sites is 1. The Labute approximate surface area is 206 Å². The molecule has 0 aliphatic carbocycles. The molecule has 35 heavy (non-hydrogen) atoms. The lowest BCUT2D eigenvalue weighted by molar-refractivity contribution is -0.136. The highest BCUT2D eigenvalue weighted by molar-refractivity contribution is 6.06. The van der Waals surface area contributed by atoms with Crippen LogP contribution in [0.4, 0.5) is 10.5 Å². The first-order valence-corrected chi connectivity index (χ1v) is 11.5. The third-order valence-corrected chi connectivity index (χ3v) is 6.42. The van der Waals surface area contributed by atoms with Crippen LogP contribution in [-0.4, -0.2) is 41.9 Å². The molecule has 0 saturated heterocycles. The number of carbonyl (C=O) groups is 3. The second-order valence-corrected chi connectivity index (χ2v) is 10.1. The molecule has 3 atom stereocenters. The number of benzene rings is 2. The molecule has 1 aliphatic rings. The van der Waals surface area contributed by atoms with Gasteiger partial charge in [-0.3, -0.25) is 9.59 Å². The summed E-state index contributed by atoms with van der Waals surface area (Å²) in [6.45, 7) is 7.32. The molecule has 0 aromatic heterocycles. The van der Waals surface area contributed by atoms with Gasteiger partial charge >= 0.3 is 6.09 Å². The molecule has 1 heterocycles. The molecule has 8 heteroatoms. The van der Waals surface area contributed by atoms with Crippen molar-refractivity contribution >= 4 is 23.6 Å². The van der Waals surface area contributed by atoms with Crippen LogP contribution in [0, 0.1) is 16.7 Å². The Morgan fingerprint density at radius 1 is 1.14 bits per heavy atom. The molecule has 1 aliphatic heterocycles. The summed E-state index contributed by atoms with van der Waals surface area (Å²) >= 11 is 0. The molecule has 2 aromatic carbocycles. The van der Waals surface area contributed by atoms with E-state index >= 15 is 0 Å². The van der Waals surface area contributed by atoms with Crippen molar-refractivity contribution in [2.24, 2.45) is 5.41 Å². The molecule has 2 aromatic rings. The number of ether oxygens (including phenoxy) is 1. The summed E-state index contributed by atoms with van der Waals surface area (Å²) in [5.41, 5.74) is 0.705. The van der Waals surface area contributed by atoms with Gasteiger partial charge in [0.15, 0.2) is 0 Å². The Morgan fingerprint density at radius 3 is 2.40 bits per heavy atom. The van der Waals surface area contributed by atoms with Gasteiger partial charge in [0.05, 0.1) is 11.5 Å². The van der Waals surface area contributed by atoms with Gasteiger partial charge in [-0.15, -0.1) is 0 Å². The van der Waals surface area contributed by atoms with Crippen LogP contribution in [-0.2, 0) is 26.3 Å². The van der Waals surface area contributed by atoms with Gasteiger partial charge in [0, 0.05) is 12.7 Å². The van der Waals surface area contributed by atoms with Gasteiger partial charge in [0.25, 0.3) is 0 Å². The van der Waals surface area contributed by atoms with Crippen LogP contribution in [0.3, 0.4) is 0 Å². The molecule has 0 fully saturated rings. The molecule has 2 N–H and O–H groups in total. The van der Waals surface area contributed by atoms with Crippen molar-refractivity contribution in [3.05, 3.63) is 65.7 Å². The predicted octanol–water partition coefficient (Wildman–Crippen LogP) is 3.98. The van der Waals surface area contributed by atoms with E-state index in [1.54, 1.807) is 6.92 Å². The summed E-state index contributed by atoms with van der Waals surface area (Å²) in [5.74, 6) is -0.647. The number of nitrogens with zero attached hydrogens (tertiary/aromatic N) is 2. The van der Waals surface area contributed by atoms with Crippen molar-refractivity contribution in [1.29, 1.82) is 5.26 Å². The normalized spacial score (nSPS) is 18.5. The van der Waals surface area contributed by atoms with Crippen LogP contribution >= 0.6 is 0 Å². The zero-order chi connectivity index (χ0) is 25.8. The third kappa shape index (κ3) is 5.62. The predicted molar refractivity (Wildman–Crippen MR) is 132 cm³/mol. The van der Waals surface area contributed by atoms with Crippen molar-refractivity contribution < 1.29 is 19.1 Å². The fourth-order valence-electron chi connectivity index (χ4n) is 4.20. The smallest absolute Gasteiger partial charge is 0.408 e. The Kier molecular flexibility index (Phi) is 7.49. The first-order valence-electron chi connectivity index (χ1n) is 11.5. The number of nitriles is 1. The second-order valence-electron chi connectivity index (χ2n) is 10.1. The summed E-state index contributed by atoms with van der Waals surface area (Å²) in [7, 11) is 1.52. The number of hydrogen-bond donors (Lipinski definition) is 2. The van der Waals surface area contributed by atoms with Crippen molar-refractivity contribution in [1.82, 2.24) is 10.2 Å². The standard InChI is InChI=1S/C27H32N4O4/c1-26(2,3)22(30-25(34)35-17-18-11-7-6-8-12-18)23(32)31(5)19(16-28)15-27(4)20-13-9-10-14-21(20)29-24(27)33/h6-14,19,22H,15,17H2,1-5H3,(H,29,33)(H,30,34)/t19-,22+,27+/m0/s1. The summed E-state index contributed by atoms with van der Waals surface area (Å²) in [6.07, 6.45) is -0.607. The average Bonchev–Trinajstić information content (AvgIpc) is 3.08. The molecular formula is C27H32N4O4. The molecule has 8 nitrogen and oxygen atoms in total. The molecule has 3 amide bonds. The summed E-state index contributed by atoms with van der Waals surface area (Å²) in [5, 5.41) is 15.5. The van der Waals surface area contributed by atoms with Gasteiger partial charge in [0.2, 0.25) is 11.8 Å². The van der Waals surface area contributed by atoms with Crippen LogP contribution < -0.4 is 10.6 Å². The van der Waals surface area contributed by atoms with Crippen LogP contribution in [0.25, 0.3) is 0 Å². The number of carbonyl (C=O) groups excluding carboxylic acids is 3. The van der Waals surface area contributed by atoms with Crippen molar-refractivity contribution in [3.63, 3.8) is 0 Å². The lowest BCUT2D eigenvalue weighted by atomic mass is 9.78. The SMILES string of the molecule is CN(C(=O)[C@@H](NC(=O)OCc1ccccc1)C(C)(C)C)[C@H](C#N)C[C@@]1(C)C(=O)Nc2ccccc21. The maximum atomic E-state index is 13.5. The number of fused-ring (bicyclic) bond motifs is 1. The van der Waals surface area contributed by atoms with E-state index in [0.29, 0.717) is 5.69 Å². The van der Waals surface area contributed by atoms with Gasteiger partial charge in [-0.25, -0.2) is 4.79 Å². The van der Waals surface area contributed by atoms with Gasteiger partial charge < -0.3 is 20.3 Å². The van der Waals surface area contributed by atoms with Crippen molar-refractivity contribution in [2.45, 2.75) is 58.2 Å². The van der Waals surface area contributed by atoms with Crippen molar-refractivity contribution in [3.8, 4) is 6.07 Å². The number of likely N-dealkylation sites (N-methyl/N-ethyl adjacent to an activating group) is 1. The molecule has 0 unspecified atom stereocenters. The topological polar surface area (TPSA) is 112 Å². The number of hydrogen-bond acceptors (Lipinski definition) is 5. The molecule has 184 valence electrons. The Morgan fingerprint density at radius 2 is 1.77 bits per heavy atom. The monoisotopic (exact) mass is 476 g/mol. The van der Waals surface area contributed by atoms with Gasteiger partial charge in [-0.05, 0) is 36.0 Å². The van der Waals surface area contributed by atoms with Gasteiger partial charge in [0.1, 0.15) is 18.7 Å². The Balaban J connectivity index is 1.74. The van der Waals surface area contributed by atoms with E-state index in [0.717, 1.165) is 11.1 Å². The minimum absolute atomic E-state index is 0.0707. The zero-order valence-electron chi connectivity index (χ0n) is 20.8. The lowest BCUT2D eigenvalue weighted by Crippen LogP contribution is -2.56. The van der Waals surface area contributed by atoms with E-state index in [4.69, 9.17) is 4.74 Å². The molecule has 0 saturated carbocycles. The van der Waals surface area contributed by atoms with E-state index in [-0.39, 0.29) is 18.9 Å². The number of nitrogens with one attached hydrogen (secondary N) is 2. The maximum absolute atomic E-state index is 13.5. The fraction of sp³-hybridized carbons (Fsp3) is 0.407. The minimum atomic E-state index is -0.967. The Bertz CT molecular complexity index is 1140. The van der Waals surface area contributed by atoms with E-state index in [9.17, 15) is 19.6 Å². The quantitative estimate of drug-likeness (QED) is 0.628. The molecule has 0 radical (unpaired) electrons. The van der Waals surface area contributed by atoms with Crippen LogP contribution in [0.5, 0.6) is 0 Å². The third-order valence-electron chi connectivity index (χ3n) is 6.42.